The standard InChI is InChI=1S/C14H25N3O3S/c1-11(2)15-3-5-16(6-4-15)14(20)17-7-8-21-10-12(17)9-13(18)19/h11-12H,3-10H2,1-2H3,(H,18,19). The van der Waals surface area contributed by atoms with Gasteiger partial charge in [-0.2, -0.15) is 11.8 Å². The van der Waals surface area contributed by atoms with E-state index in [0.717, 1.165) is 37.7 Å². The molecule has 1 unspecified atom stereocenters. The van der Waals surface area contributed by atoms with Crippen LogP contribution in [0.15, 0.2) is 0 Å². The Morgan fingerprint density at radius 1 is 1.19 bits per heavy atom. The van der Waals surface area contributed by atoms with Crippen LogP contribution >= 0.6 is 11.8 Å². The van der Waals surface area contributed by atoms with Gasteiger partial charge < -0.3 is 14.9 Å². The first-order chi connectivity index (χ1) is 9.99. The minimum atomic E-state index is -0.829. The van der Waals surface area contributed by atoms with Gasteiger partial charge in [0.25, 0.3) is 0 Å². The highest BCUT2D eigenvalue weighted by molar-refractivity contribution is 7.99. The maximum absolute atomic E-state index is 12.7. The second-order valence-corrected chi connectivity index (χ2v) is 7.07. The number of rotatable bonds is 3. The number of nitrogens with zero attached hydrogens (tertiary/aromatic N) is 3. The number of hydrogen-bond donors (Lipinski definition) is 1. The van der Waals surface area contributed by atoms with Crippen LogP contribution in [0.2, 0.25) is 0 Å². The number of aliphatic carboxylic acids is 1. The van der Waals surface area contributed by atoms with Crippen molar-refractivity contribution in [1.29, 1.82) is 0 Å². The molecule has 2 fully saturated rings. The van der Waals surface area contributed by atoms with E-state index in [9.17, 15) is 9.59 Å². The predicted octanol–water partition coefficient (Wildman–Crippen LogP) is 1.02. The summed E-state index contributed by atoms with van der Waals surface area (Å²) in [5.41, 5.74) is 0. The Morgan fingerprint density at radius 2 is 1.86 bits per heavy atom. The van der Waals surface area contributed by atoms with E-state index >= 15 is 0 Å². The lowest BCUT2D eigenvalue weighted by atomic mass is 10.2. The molecule has 2 heterocycles. The summed E-state index contributed by atoms with van der Waals surface area (Å²) < 4.78 is 0. The van der Waals surface area contributed by atoms with E-state index in [1.165, 1.54) is 0 Å². The van der Waals surface area contributed by atoms with Crippen molar-refractivity contribution in [3.05, 3.63) is 0 Å². The Labute approximate surface area is 130 Å². The topological polar surface area (TPSA) is 64.1 Å². The Bertz CT molecular complexity index is 384. The molecule has 7 heteroatoms. The molecule has 120 valence electrons. The van der Waals surface area contributed by atoms with Gasteiger partial charge >= 0.3 is 12.0 Å². The second kappa shape index (κ2) is 7.35. The Kier molecular flexibility index (Phi) is 5.75. The normalized spacial score (nSPS) is 24.4. The predicted molar refractivity (Wildman–Crippen MR) is 83.7 cm³/mol. The van der Waals surface area contributed by atoms with Crippen molar-refractivity contribution >= 4 is 23.8 Å². The number of thioether (sulfide) groups is 1. The number of hydrogen-bond acceptors (Lipinski definition) is 4. The Balaban J connectivity index is 1.93. The number of carbonyl (C=O) groups excluding carboxylic acids is 1. The van der Waals surface area contributed by atoms with Crippen molar-refractivity contribution in [2.24, 2.45) is 0 Å². The van der Waals surface area contributed by atoms with Crippen LogP contribution in [0.1, 0.15) is 20.3 Å². The third-order valence-corrected chi connectivity index (χ3v) is 5.29. The largest absolute Gasteiger partial charge is 0.481 e. The monoisotopic (exact) mass is 315 g/mol. The van der Waals surface area contributed by atoms with Crippen molar-refractivity contribution in [1.82, 2.24) is 14.7 Å². The van der Waals surface area contributed by atoms with E-state index in [0.29, 0.717) is 12.6 Å². The highest BCUT2D eigenvalue weighted by Crippen LogP contribution is 2.21. The second-order valence-electron chi connectivity index (χ2n) is 5.92. The average molecular weight is 315 g/mol. The number of urea groups is 1. The molecular weight excluding hydrogens is 290 g/mol. The molecule has 2 rings (SSSR count). The zero-order valence-corrected chi connectivity index (χ0v) is 13.6. The maximum atomic E-state index is 12.7. The van der Waals surface area contributed by atoms with Crippen molar-refractivity contribution in [2.75, 3.05) is 44.2 Å². The van der Waals surface area contributed by atoms with Crippen molar-refractivity contribution in [2.45, 2.75) is 32.4 Å². The first-order valence-electron chi connectivity index (χ1n) is 7.58. The fraction of sp³-hybridized carbons (Fsp3) is 0.857. The highest BCUT2D eigenvalue weighted by atomic mass is 32.2. The van der Waals surface area contributed by atoms with Gasteiger partial charge in [-0.3, -0.25) is 9.69 Å². The van der Waals surface area contributed by atoms with E-state index in [1.54, 1.807) is 16.7 Å². The van der Waals surface area contributed by atoms with E-state index in [1.807, 2.05) is 4.90 Å². The molecule has 1 atom stereocenters. The Morgan fingerprint density at radius 3 is 2.43 bits per heavy atom. The summed E-state index contributed by atoms with van der Waals surface area (Å²) in [5, 5.41) is 9.00. The Hall–Kier alpha value is -0.950. The summed E-state index contributed by atoms with van der Waals surface area (Å²) in [6.07, 6.45) is 0.0463. The molecule has 0 saturated carbocycles. The van der Waals surface area contributed by atoms with Crippen LogP contribution in [0, 0.1) is 0 Å². The van der Waals surface area contributed by atoms with Crippen LogP contribution in [0.3, 0.4) is 0 Å². The molecule has 0 aliphatic carbocycles. The molecule has 0 spiro atoms. The van der Waals surface area contributed by atoms with E-state index < -0.39 is 5.97 Å². The van der Waals surface area contributed by atoms with Gasteiger partial charge in [0, 0.05) is 50.3 Å². The minimum absolute atomic E-state index is 0.0185. The summed E-state index contributed by atoms with van der Waals surface area (Å²) >= 11 is 1.73. The van der Waals surface area contributed by atoms with Gasteiger partial charge in [-0.05, 0) is 13.8 Å². The van der Waals surface area contributed by atoms with Crippen LogP contribution in [0.5, 0.6) is 0 Å². The molecule has 0 radical (unpaired) electrons. The van der Waals surface area contributed by atoms with Crippen LogP contribution in [-0.2, 0) is 4.79 Å². The van der Waals surface area contributed by atoms with Crippen molar-refractivity contribution in [3.8, 4) is 0 Å². The summed E-state index contributed by atoms with van der Waals surface area (Å²) in [5.74, 6) is 0.794. The van der Waals surface area contributed by atoms with E-state index in [4.69, 9.17) is 5.11 Å². The number of amides is 2. The van der Waals surface area contributed by atoms with Gasteiger partial charge in [0.2, 0.25) is 0 Å². The molecule has 2 aliphatic heterocycles. The fourth-order valence-corrected chi connectivity index (χ4v) is 3.95. The molecule has 0 aromatic rings. The molecule has 0 aromatic carbocycles. The van der Waals surface area contributed by atoms with Gasteiger partial charge in [0.15, 0.2) is 0 Å². The summed E-state index contributed by atoms with van der Waals surface area (Å²) in [7, 11) is 0. The average Bonchev–Trinajstić information content (AvgIpc) is 2.46. The van der Waals surface area contributed by atoms with Crippen LogP contribution < -0.4 is 0 Å². The number of carboxylic acid groups (broad SMARTS) is 1. The van der Waals surface area contributed by atoms with Crippen LogP contribution in [-0.4, -0.2) is 88.1 Å². The van der Waals surface area contributed by atoms with Gasteiger partial charge in [-0.15, -0.1) is 0 Å². The first kappa shape index (κ1) is 16.4. The van der Waals surface area contributed by atoms with E-state index in [2.05, 4.69) is 18.7 Å². The lowest BCUT2D eigenvalue weighted by Gasteiger charge is -2.42. The third-order valence-electron chi connectivity index (χ3n) is 4.20. The first-order valence-corrected chi connectivity index (χ1v) is 8.73. The molecule has 2 aliphatic rings. The smallest absolute Gasteiger partial charge is 0.320 e. The lowest BCUT2D eigenvalue weighted by molar-refractivity contribution is -0.138. The van der Waals surface area contributed by atoms with Crippen molar-refractivity contribution in [3.63, 3.8) is 0 Å². The van der Waals surface area contributed by atoms with E-state index in [-0.39, 0.29) is 18.5 Å². The molecule has 2 saturated heterocycles. The number of carboxylic acids is 1. The fourth-order valence-electron chi connectivity index (χ4n) is 2.89. The van der Waals surface area contributed by atoms with Gasteiger partial charge in [0.1, 0.15) is 0 Å². The highest BCUT2D eigenvalue weighted by Gasteiger charge is 2.33. The van der Waals surface area contributed by atoms with Crippen molar-refractivity contribution < 1.29 is 14.7 Å². The molecule has 0 bridgehead atoms. The minimum Gasteiger partial charge on any atom is -0.481 e. The maximum Gasteiger partial charge on any atom is 0.320 e. The molecule has 2 amide bonds. The quantitative estimate of drug-likeness (QED) is 0.842. The van der Waals surface area contributed by atoms with Gasteiger partial charge in [-0.1, -0.05) is 0 Å². The van der Waals surface area contributed by atoms with Gasteiger partial charge in [0.05, 0.1) is 12.5 Å². The van der Waals surface area contributed by atoms with Gasteiger partial charge in [-0.25, -0.2) is 4.79 Å². The number of carbonyl (C=O) groups is 2. The van der Waals surface area contributed by atoms with Crippen LogP contribution in [0.4, 0.5) is 4.79 Å². The third kappa shape index (κ3) is 4.26. The zero-order valence-electron chi connectivity index (χ0n) is 12.8. The molecule has 21 heavy (non-hydrogen) atoms. The zero-order chi connectivity index (χ0) is 15.4. The van der Waals surface area contributed by atoms with Crippen LogP contribution in [0.25, 0.3) is 0 Å². The SMILES string of the molecule is CC(C)N1CCN(C(=O)N2CCSCC2CC(=O)O)CC1. The number of piperazine rings is 1. The summed E-state index contributed by atoms with van der Waals surface area (Å²) in [6, 6.07) is 0.357. The molecule has 0 aromatic heterocycles. The molecule has 1 N–H and O–H groups in total. The summed E-state index contributed by atoms with van der Waals surface area (Å²) in [4.78, 5) is 29.6. The lowest BCUT2D eigenvalue weighted by Crippen LogP contribution is -2.57. The molecular formula is C14H25N3O3S. The summed E-state index contributed by atoms with van der Waals surface area (Å²) in [6.45, 7) is 8.27. The molecule has 6 nitrogen and oxygen atoms in total.